The summed E-state index contributed by atoms with van der Waals surface area (Å²) in [5, 5.41) is 9.14. The molecule has 1 saturated heterocycles. The number of alkyl halides is 3. The first-order valence-corrected chi connectivity index (χ1v) is 18.0. The zero-order valence-electron chi connectivity index (χ0n) is 29.7. The van der Waals surface area contributed by atoms with E-state index in [4.69, 9.17) is 45.1 Å². The van der Waals surface area contributed by atoms with E-state index in [2.05, 4.69) is 0 Å². The maximum Gasteiger partial charge on any atom is 0.422 e. The standard InChI is InChI=1S/C43H42ClF3O7/c1-49-43(35-19-22-37(44)34(24-35)23-30-17-20-36(21-18-30)53-29-42(45,46)47)41(52-28-33-15-9-4-10-16-33)40(51-27-32-13-7-3-8-14-32)39(38(25-48)54-43)50-26-31-11-5-2-6-12-31/h2-22,24,38-41,48H,23,25-29H2,1H3/p+1/t38?,39-,40+,41-,43+/m1/s1. The van der Waals surface area contributed by atoms with E-state index in [-0.39, 0.29) is 32.2 Å². The summed E-state index contributed by atoms with van der Waals surface area (Å²) in [6.45, 7) is -0.843. The quantitative estimate of drug-likeness (QED) is 0.0938. The lowest BCUT2D eigenvalue weighted by atomic mass is 9.86. The molecule has 284 valence electrons. The SMILES string of the molecule is CO[C@@]1(c2ccc(Cl)c(Cc3ccc(OCC(F)(F)F)cc3)c2)OC(C[OH2+])[C@@H](OCc2ccccc2)[C@H](OCc2ccccc2)[C@H]1OCc1ccccc1. The number of methoxy groups -OCH3 is 1. The molecular formula is C43H43ClF3O7+. The minimum atomic E-state index is -4.44. The van der Waals surface area contributed by atoms with Crippen molar-refractivity contribution in [2.45, 2.75) is 62.6 Å². The van der Waals surface area contributed by atoms with Crippen molar-refractivity contribution in [3.63, 3.8) is 0 Å². The number of ether oxygens (including phenoxy) is 6. The molecule has 11 heteroatoms. The Morgan fingerprint density at radius 1 is 0.685 bits per heavy atom. The Labute approximate surface area is 318 Å². The van der Waals surface area contributed by atoms with Crippen molar-refractivity contribution >= 4 is 11.6 Å². The second-order valence-corrected chi connectivity index (χ2v) is 13.4. The lowest BCUT2D eigenvalue weighted by Gasteiger charge is -2.51. The van der Waals surface area contributed by atoms with Gasteiger partial charge in [-0.1, -0.05) is 121 Å². The molecule has 6 rings (SSSR count). The van der Waals surface area contributed by atoms with Gasteiger partial charge in [-0.2, -0.15) is 13.2 Å². The Morgan fingerprint density at radius 2 is 1.22 bits per heavy atom. The van der Waals surface area contributed by atoms with Crippen LogP contribution in [0.1, 0.15) is 33.4 Å². The minimum absolute atomic E-state index is 0.107. The van der Waals surface area contributed by atoms with E-state index in [0.29, 0.717) is 22.6 Å². The lowest BCUT2D eigenvalue weighted by Crippen LogP contribution is -2.66. The Kier molecular flexibility index (Phi) is 13.4. The summed E-state index contributed by atoms with van der Waals surface area (Å²) in [5.41, 5.74) is 4.92. The molecule has 0 radical (unpaired) electrons. The van der Waals surface area contributed by atoms with Crippen molar-refractivity contribution in [3.8, 4) is 5.75 Å². The van der Waals surface area contributed by atoms with Gasteiger partial charge >= 0.3 is 6.18 Å². The maximum absolute atomic E-state index is 12.7. The van der Waals surface area contributed by atoms with Crippen LogP contribution >= 0.6 is 11.6 Å². The van der Waals surface area contributed by atoms with Gasteiger partial charge in [0.1, 0.15) is 24.1 Å². The zero-order valence-corrected chi connectivity index (χ0v) is 30.5. The van der Waals surface area contributed by atoms with Gasteiger partial charge in [0.25, 0.3) is 0 Å². The van der Waals surface area contributed by atoms with E-state index >= 15 is 0 Å². The summed E-state index contributed by atoms with van der Waals surface area (Å²) in [5.74, 6) is -1.47. The van der Waals surface area contributed by atoms with Gasteiger partial charge in [-0.05, 0) is 58.5 Å². The van der Waals surface area contributed by atoms with Crippen LogP contribution in [-0.4, -0.2) is 56.0 Å². The summed E-state index contributed by atoms with van der Waals surface area (Å²) >= 11 is 6.77. The smallest absolute Gasteiger partial charge is 0.422 e. The van der Waals surface area contributed by atoms with Gasteiger partial charge in [-0.25, -0.2) is 0 Å². The number of halogens is 4. The van der Waals surface area contributed by atoms with E-state index in [0.717, 1.165) is 22.3 Å². The molecule has 1 unspecified atom stereocenters. The van der Waals surface area contributed by atoms with Crippen molar-refractivity contribution in [1.82, 2.24) is 0 Å². The predicted molar refractivity (Wildman–Crippen MR) is 199 cm³/mol. The lowest BCUT2D eigenvalue weighted by molar-refractivity contribution is -0.384. The van der Waals surface area contributed by atoms with Crippen LogP contribution in [0.3, 0.4) is 0 Å². The molecule has 1 aliphatic rings. The largest absolute Gasteiger partial charge is 0.484 e. The Bertz CT molecular complexity index is 1880. The monoisotopic (exact) mass is 763 g/mol. The number of hydrogen-bond acceptors (Lipinski definition) is 6. The van der Waals surface area contributed by atoms with Gasteiger partial charge in [-0.15, -0.1) is 0 Å². The van der Waals surface area contributed by atoms with Crippen LogP contribution in [0, 0.1) is 0 Å². The van der Waals surface area contributed by atoms with Crippen LogP contribution in [0.5, 0.6) is 5.75 Å². The first-order chi connectivity index (χ1) is 26.2. The fourth-order valence-corrected chi connectivity index (χ4v) is 6.71. The average molecular weight is 764 g/mol. The third-order valence-electron chi connectivity index (χ3n) is 9.21. The second-order valence-electron chi connectivity index (χ2n) is 13.0. The van der Waals surface area contributed by atoms with Gasteiger partial charge in [0.15, 0.2) is 19.3 Å². The second kappa shape index (κ2) is 18.4. The molecule has 5 atom stereocenters. The summed E-state index contributed by atoms with van der Waals surface area (Å²) in [7, 11) is 1.53. The first kappa shape index (κ1) is 39.4. The van der Waals surface area contributed by atoms with Gasteiger partial charge in [0.05, 0.1) is 19.8 Å². The van der Waals surface area contributed by atoms with Gasteiger partial charge in [0.2, 0.25) is 5.79 Å². The third kappa shape index (κ3) is 10.1. The van der Waals surface area contributed by atoms with Crippen LogP contribution in [0.2, 0.25) is 5.02 Å². The number of rotatable bonds is 16. The van der Waals surface area contributed by atoms with Crippen molar-refractivity contribution in [2.75, 3.05) is 20.3 Å². The molecule has 0 spiro atoms. The summed E-state index contributed by atoms with van der Waals surface area (Å²) in [6.07, 6.45) is -7.29. The fraction of sp³-hybridized carbons (Fsp3) is 0.302. The Morgan fingerprint density at radius 3 is 1.74 bits per heavy atom. The molecule has 1 heterocycles. The van der Waals surface area contributed by atoms with Crippen molar-refractivity contribution in [3.05, 3.63) is 172 Å². The molecular weight excluding hydrogens is 721 g/mol. The van der Waals surface area contributed by atoms with E-state index < -0.39 is 43.0 Å². The highest BCUT2D eigenvalue weighted by Gasteiger charge is 2.59. The predicted octanol–water partition coefficient (Wildman–Crippen LogP) is 8.55. The molecule has 1 aliphatic heterocycles. The average Bonchev–Trinajstić information content (AvgIpc) is 3.19. The van der Waals surface area contributed by atoms with Gasteiger partial charge in [-0.3, -0.25) is 0 Å². The van der Waals surface area contributed by atoms with Gasteiger partial charge < -0.3 is 33.5 Å². The van der Waals surface area contributed by atoms with E-state index in [1.807, 2.05) is 103 Å². The summed E-state index contributed by atoms with van der Waals surface area (Å²) in [4.78, 5) is 0. The third-order valence-corrected chi connectivity index (χ3v) is 9.57. The van der Waals surface area contributed by atoms with Crippen LogP contribution in [-0.2, 0) is 55.7 Å². The summed E-state index contributed by atoms with van der Waals surface area (Å²) < 4.78 is 76.4. The molecule has 0 aliphatic carbocycles. The first-order valence-electron chi connectivity index (χ1n) is 17.6. The normalized spacial score (nSPS) is 21.5. The highest BCUT2D eigenvalue weighted by Crippen LogP contribution is 2.44. The van der Waals surface area contributed by atoms with E-state index in [9.17, 15) is 13.2 Å². The van der Waals surface area contributed by atoms with Crippen LogP contribution < -0.4 is 4.74 Å². The highest BCUT2D eigenvalue weighted by molar-refractivity contribution is 6.31. The molecule has 0 saturated carbocycles. The topological polar surface area (TPSA) is 78.3 Å². The summed E-state index contributed by atoms with van der Waals surface area (Å²) in [6, 6.07) is 41.1. The fourth-order valence-electron chi connectivity index (χ4n) is 6.53. The van der Waals surface area contributed by atoms with E-state index in [1.165, 1.54) is 19.2 Å². The van der Waals surface area contributed by atoms with Gasteiger partial charge in [0, 0.05) is 17.7 Å². The van der Waals surface area contributed by atoms with Crippen LogP contribution in [0.4, 0.5) is 13.2 Å². The molecule has 7 nitrogen and oxygen atoms in total. The molecule has 0 aromatic heterocycles. The van der Waals surface area contributed by atoms with Crippen LogP contribution in [0.25, 0.3) is 0 Å². The molecule has 1 fully saturated rings. The van der Waals surface area contributed by atoms with E-state index in [1.54, 1.807) is 18.2 Å². The molecule has 0 amide bonds. The minimum Gasteiger partial charge on any atom is -0.484 e. The Hall–Kier alpha value is -4.26. The maximum atomic E-state index is 12.7. The molecule has 5 aromatic rings. The zero-order chi connectivity index (χ0) is 38.0. The molecule has 0 bridgehead atoms. The van der Waals surface area contributed by atoms with Crippen LogP contribution in [0.15, 0.2) is 133 Å². The number of hydrogen-bond donors (Lipinski definition) is 0. The molecule has 5 aromatic carbocycles. The van der Waals surface area contributed by atoms with Crippen molar-refractivity contribution < 1.29 is 46.7 Å². The van der Waals surface area contributed by atoms with Crippen molar-refractivity contribution in [1.29, 1.82) is 0 Å². The van der Waals surface area contributed by atoms with Crippen molar-refractivity contribution in [2.24, 2.45) is 0 Å². The Balaban J connectivity index is 1.37. The molecule has 2 N–H and O–H groups in total. The molecule has 54 heavy (non-hydrogen) atoms. The highest BCUT2D eigenvalue weighted by atomic mass is 35.5. The number of benzene rings is 5.